The largest absolute Gasteiger partial charge is 0.398 e. The second kappa shape index (κ2) is 4.10. The predicted octanol–water partition coefficient (Wildman–Crippen LogP) is 1.49. The molecule has 0 aromatic heterocycles. The summed E-state index contributed by atoms with van der Waals surface area (Å²) in [6.07, 6.45) is 2.38. The molecule has 0 bridgehead atoms. The highest BCUT2D eigenvalue weighted by atomic mass is 32.2. The quantitative estimate of drug-likeness (QED) is 0.822. The monoisotopic (exact) mass is 264 g/mol. The van der Waals surface area contributed by atoms with Gasteiger partial charge in [0.05, 0.1) is 4.90 Å². The molecule has 96 valence electrons. The second-order valence-corrected chi connectivity index (χ2v) is 6.66. The number of rotatable bonds is 2. The summed E-state index contributed by atoms with van der Waals surface area (Å²) in [6.45, 7) is 2.76. The van der Waals surface area contributed by atoms with Crippen molar-refractivity contribution < 1.29 is 8.42 Å². The number of hydrogen-bond donors (Lipinski definition) is 1. The smallest absolute Gasteiger partial charge is 0.200 e. The van der Waals surface area contributed by atoms with Crippen LogP contribution in [-0.4, -0.2) is 33.0 Å². The topological polar surface area (TPSA) is 63.4 Å². The van der Waals surface area contributed by atoms with E-state index < -0.39 is 9.84 Å². The number of hydrogen-bond acceptors (Lipinski definition) is 4. The molecule has 0 saturated carbocycles. The van der Waals surface area contributed by atoms with Crippen LogP contribution in [0.3, 0.4) is 0 Å². The van der Waals surface area contributed by atoms with Gasteiger partial charge in [0.25, 0.3) is 0 Å². The Hall–Kier alpha value is -1.33. The minimum atomic E-state index is -3.29. The molecule has 5 heteroatoms. The highest BCUT2D eigenvalue weighted by Gasteiger charge is 2.29. The Labute approximate surface area is 107 Å². The molecule has 1 aromatic carbocycles. The molecule has 1 aromatic rings. The summed E-state index contributed by atoms with van der Waals surface area (Å²) in [7, 11) is -3.29. The summed E-state index contributed by atoms with van der Waals surface area (Å²) in [6, 6.07) is 5.09. The predicted molar refractivity (Wildman–Crippen MR) is 71.7 cm³/mol. The fourth-order valence-corrected chi connectivity index (χ4v) is 4.23. The van der Waals surface area contributed by atoms with Gasteiger partial charge in [-0.1, -0.05) is 6.07 Å². The highest BCUT2D eigenvalue weighted by molar-refractivity contribution is 7.95. The van der Waals surface area contributed by atoms with Gasteiger partial charge >= 0.3 is 0 Å². The third kappa shape index (κ3) is 1.83. The Morgan fingerprint density at radius 3 is 2.67 bits per heavy atom. The van der Waals surface area contributed by atoms with Gasteiger partial charge in [0.15, 0.2) is 0 Å². The minimum Gasteiger partial charge on any atom is -0.398 e. The summed E-state index contributed by atoms with van der Waals surface area (Å²) >= 11 is 0. The molecule has 18 heavy (non-hydrogen) atoms. The number of nitrogens with two attached hydrogens (primary N) is 1. The van der Waals surface area contributed by atoms with Crippen LogP contribution >= 0.6 is 0 Å². The Balaban J connectivity index is 2.02. The summed E-state index contributed by atoms with van der Waals surface area (Å²) in [5.41, 5.74) is 8.04. The van der Waals surface area contributed by atoms with Crippen LogP contribution in [0.2, 0.25) is 0 Å². The van der Waals surface area contributed by atoms with Crippen molar-refractivity contribution in [1.82, 2.24) is 4.90 Å². The van der Waals surface area contributed by atoms with Gasteiger partial charge in [-0.15, -0.1) is 0 Å². The zero-order valence-corrected chi connectivity index (χ0v) is 10.9. The van der Waals surface area contributed by atoms with Gasteiger partial charge in [0.2, 0.25) is 9.84 Å². The first-order valence-electron chi connectivity index (χ1n) is 6.15. The number of sulfone groups is 1. The fraction of sp³-hybridized carbons (Fsp3) is 0.385. The molecule has 2 N–H and O–H groups in total. The van der Waals surface area contributed by atoms with Crippen molar-refractivity contribution in [3.05, 3.63) is 29.2 Å². The Morgan fingerprint density at radius 2 is 1.94 bits per heavy atom. The van der Waals surface area contributed by atoms with Crippen molar-refractivity contribution in [1.29, 1.82) is 0 Å². The molecule has 3 rings (SSSR count). The van der Waals surface area contributed by atoms with Gasteiger partial charge in [-0.3, -0.25) is 4.90 Å². The molecule has 0 atom stereocenters. The van der Waals surface area contributed by atoms with Crippen molar-refractivity contribution in [3.8, 4) is 0 Å². The first-order chi connectivity index (χ1) is 8.58. The lowest BCUT2D eigenvalue weighted by molar-refractivity contribution is 0.383. The van der Waals surface area contributed by atoms with E-state index in [1.807, 2.05) is 0 Å². The van der Waals surface area contributed by atoms with Gasteiger partial charge in [0.1, 0.15) is 0 Å². The first kappa shape index (κ1) is 11.7. The van der Waals surface area contributed by atoms with E-state index in [0.717, 1.165) is 18.7 Å². The van der Waals surface area contributed by atoms with E-state index in [-0.39, 0.29) is 0 Å². The number of fused-ring (bicyclic) bond motifs is 1. The Kier molecular flexibility index (Phi) is 2.68. The maximum atomic E-state index is 12.0. The van der Waals surface area contributed by atoms with E-state index in [0.29, 0.717) is 22.7 Å². The third-order valence-corrected chi connectivity index (χ3v) is 5.12. The molecule has 0 unspecified atom stereocenters. The zero-order chi connectivity index (χ0) is 12.8. The van der Waals surface area contributed by atoms with E-state index in [1.54, 1.807) is 18.2 Å². The number of nitrogen functional groups attached to an aromatic ring is 1. The van der Waals surface area contributed by atoms with E-state index in [9.17, 15) is 8.42 Å². The maximum absolute atomic E-state index is 12.0. The molecule has 0 radical (unpaired) electrons. The lowest BCUT2D eigenvalue weighted by Crippen LogP contribution is -2.21. The average molecular weight is 264 g/mol. The summed E-state index contributed by atoms with van der Waals surface area (Å²) in [5.74, 6) is 0. The van der Waals surface area contributed by atoms with Crippen LogP contribution in [0.25, 0.3) is 5.57 Å². The normalized spacial score (nSPS) is 21.9. The molecular formula is C13H16N2O2S. The molecule has 2 aliphatic rings. The van der Waals surface area contributed by atoms with Crippen LogP contribution in [0.1, 0.15) is 18.4 Å². The Morgan fingerprint density at radius 1 is 1.22 bits per heavy atom. The van der Waals surface area contributed by atoms with Crippen molar-refractivity contribution >= 4 is 21.1 Å². The summed E-state index contributed by atoms with van der Waals surface area (Å²) in [5, 5.41) is 1.38. The zero-order valence-electron chi connectivity index (χ0n) is 10.1. The lowest BCUT2D eigenvalue weighted by atomic mass is 10.1. The maximum Gasteiger partial charge on any atom is 0.200 e. The molecule has 1 saturated heterocycles. The van der Waals surface area contributed by atoms with Gasteiger partial charge in [-0.05, 0) is 43.6 Å². The van der Waals surface area contributed by atoms with Gasteiger partial charge in [-0.25, -0.2) is 8.42 Å². The number of anilines is 1. The lowest BCUT2D eigenvalue weighted by Gasteiger charge is -2.16. The van der Waals surface area contributed by atoms with E-state index in [2.05, 4.69) is 4.90 Å². The third-order valence-electron chi connectivity index (χ3n) is 3.58. The molecule has 2 heterocycles. The van der Waals surface area contributed by atoms with Crippen molar-refractivity contribution in [2.24, 2.45) is 0 Å². The van der Waals surface area contributed by atoms with Crippen molar-refractivity contribution in [2.45, 2.75) is 17.7 Å². The number of likely N-dealkylation sites (tertiary alicyclic amines) is 1. The molecule has 0 spiro atoms. The molecular weight excluding hydrogens is 248 g/mol. The van der Waals surface area contributed by atoms with Crippen LogP contribution in [0.15, 0.2) is 28.5 Å². The second-order valence-electron chi connectivity index (χ2n) is 4.89. The molecule has 0 aliphatic carbocycles. The average Bonchev–Trinajstić information content (AvgIpc) is 2.88. The van der Waals surface area contributed by atoms with E-state index in [4.69, 9.17) is 5.73 Å². The van der Waals surface area contributed by atoms with Gasteiger partial charge < -0.3 is 5.73 Å². The Bertz CT molecular complexity index is 614. The molecule has 1 fully saturated rings. The van der Waals surface area contributed by atoms with Crippen LogP contribution < -0.4 is 5.73 Å². The van der Waals surface area contributed by atoms with Crippen LogP contribution in [-0.2, 0) is 9.84 Å². The van der Waals surface area contributed by atoms with E-state index >= 15 is 0 Å². The summed E-state index contributed by atoms with van der Waals surface area (Å²) < 4.78 is 24.1. The number of benzene rings is 1. The molecule has 0 amide bonds. The van der Waals surface area contributed by atoms with Gasteiger partial charge in [0, 0.05) is 23.2 Å². The number of nitrogens with zero attached hydrogens (tertiary/aromatic N) is 1. The summed E-state index contributed by atoms with van der Waals surface area (Å²) in [4.78, 5) is 2.64. The van der Waals surface area contributed by atoms with Crippen LogP contribution in [0, 0.1) is 0 Å². The van der Waals surface area contributed by atoms with E-state index in [1.165, 1.54) is 18.2 Å². The minimum absolute atomic E-state index is 0.358. The van der Waals surface area contributed by atoms with Crippen LogP contribution in [0.4, 0.5) is 5.69 Å². The standard InChI is InChI=1S/C13H16N2O2S/c14-11-4-3-5-12-13(11)10(9-18(12,16)17)8-15-6-1-2-7-15/h3-5,9H,1-2,6-8,14H2. The van der Waals surface area contributed by atoms with Crippen molar-refractivity contribution in [2.75, 3.05) is 25.4 Å². The first-order valence-corrected chi connectivity index (χ1v) is 7.69. The van der Waals surface area contributed by atoms with Gasteiger partial charge in [-0.2, -0.15) is 0 Å². The van der Waals surface area contributed by atoms with Crippen LogP contribution in [0.5, 0.6) is 0 Å². The SMILES string of the molecule is Nc1cccc2c1C(CN1CCCC1)=CS2(=O)=O. The fourth-order valence-electron chi connectivity index (χ4n) is 2.74. The van der Waals surface area contributed by atoms with Crippen molar-refractivity contribution in [3.63, 3.8) is 0 Å². The highest BCUT2D eigenvalue weighted by Crippen LogP contribution is 2.37. The molecule has 4 nitrogen and oxygen atoms in total. The molecule has 2 aliphatic heterocycles.